The first-order valence-corrected chi connectivity index (χ1v) is 8.18. The molecule has 4 rings (SSSR count). The summed E-state index contributed by atoms with van der Waals surface area (Å²) in [6.07, 6.45) is 0.500. The Morgan fingerprint density at radius 3 is 2.92 bits per heavy atom. The number of furan rings is 1. The van der Waals surface area contributed by atoms with Crippen LogP contribution in [0.15, 0.2) is 27.1 Å². The molecule has 0 unspecified atom stereocenters. The first-order valence-electron chi connectivity index (χ1n) is 8.18. The van der Waals surface area contributed by atoms with Crippen LogP contribution in [0.2, 0.25) is 0 Å². The second-order valence-corrected chi connectivity index (χ2v) is 6.07. The Bertz CT molecular complexity index is 983. The highest BCUT2D eigenvalue weighted by molar-refractivity contribution is 5.95. The molecule has 2 amide bonds. The van der Waals surface area contributed by atoms with Crippen LogP contribution < -0.4 is 5.32 Å². The van der Waals surface area contributed by atoms with E-state index in [1.807, 2.05) is 19.1 Å². The molecule has 0 saturated heterocycles. The zero-order chi connectivity index (χ0) is 18.3. The lowest BCUT2D eigenvalue weighted by Crippen LogP contribution is -2.36. The summed E-state index contributed by atoms with van der Waals surface area (Å²) in [6, 6.07) is 5.32. The van der Waals surface area contributed by atoms with Gasteiger partial charge in [0.2, 0.25) is 0 Å². The molecule has 0 spiro atoms. The maximum Gasteiger partial charge on any atom is 0.274 e. The monoisotopic (exact) mass is 355 g/mol. The van der Waals surface area contributed by atoms with Crippen molar-refractivity contribution < 1.29 is 18.5 Å². The highest BCUT2D eigenvalue weighted by atomic mass is 16.5. The molecule has 0 aliphatic carbocycles. The van der Waals surface area contributed by atoms with Crippen molar-refractivity contribution in [2.24, 2.45) is 0 Å². The van der Waals surface area contributed by atoms with Crippen LogP contribution in [0, 0.1) is 6.92 Å². The van der Waals surface area contributed by atoms with Crippen LogP contribution in [0.1, 0.15) is 38.1 Å². The number of fused-ring (bicyclic) bond motifs is 1. The summed E-state index contributed by atoms with van der Waals surface area (Å²) in [5.74, 6) is 1.47. The van der Waals surface area contributed by atoms with E-state index < -0.39 is 0 Å². The second kappa shape index (κ2) is 6.17. The minimum atomic E-state index is -0.334. The van der Waals surface area contributed by atoms with E-state index in [0.29, 0.717) is 35.7 Å². The Kier molecular flexibility index (Phi) is 3.83. The Labute approximate surface area is 148 Å². The Hall–Kier alpha value is -3.36. The molecule has 0 radical (unpaired) electrons. The van der Waals surface area contributed by atoms with Crippen molar-refractivity contribution in [3.8, 4) is 11.5 Å². The predicted molar refractivity (Wildman–Crippen MR) is 89.4 cm³/mol. The van der Waals surface area contributed by atoms with Crippen molar-refractivity contribution >= 4 is 11.8 Å². The Morgan fingerprint density at radius 1 is 1.35 bits per heavy atom. The normalized spacial score (nSPS) is 13.5. The zero-order valence-corrected chi connectivity index (χ0v) is 14.3. The molecular formula is C17H17N5O4. The first kappa shape index (κ1) is 16.1. The summed E-state index contributed by atoms with van der Waals surface area (Å²) in [5.41, 5.74) is 1.78. The molecule has 0 atom stereocenters. The van der Waals surface area contributed by atoms with Gasteiger partial charge in [-0.25, -0.2) is 0 Å². The average molecular weight is 355 g/mol. The molecule has 0 bridgehead atoms. The summed E-state index contributed by atoms with van der Waals surface area (Å²) in [4.78, 5) is 26.3. The summed E-state index contributed by atoms with van der Waals surface area (Å²) in [7, 11) is 1.52. The predicted octanol–water partition coefficient (Wildman–Crippen LogP) is 1.52. The molecule has 9 nitrogen and oxygen atoms in total. The van der Waals surface area contributed by atoms with Gasteiger partial charge in [-0.3, -0.25) is 14.7 Å². The quantitative estimate of drug-likeness (QED) is 0.736. The van der Waals surface area contributed by atoms with E-state index in [1.165, 1.54) is 7.05 Å². The highest BCUT2D eigenvalue weighted by Crippen LogP contribution is 2.25. The molecule has 9 heteroatoms. The number of amides is 2. The summed E-state index contributed by atoms with van der Waals surface area (Å²) in [6.45, 7) is 2.57. The maximum atomic E-state index is 12.8. The number of aromatic nitrogens is 3. The number of carbonyl (C=O) groups is 2. The number of H-pyrrole nitrogens is 1. The van der Waals surface area contributed by atoms with E-state index in [-0.39, 0.29) is 29.7 Å². The lowest BCUT2D eigenvalue weighted by atomic mass is 10.1. The number of carbonyl (C=O) groups excluding carboxylic acids is 2. The van der Waals surface area contributed by atoms with E-state index in [0.717, 1.165) is 5.76 Å². The standard InChI is InChI=1S/C17H17N5O4/c1-9-3-4-14(25-9)11-7-12(20-19-11)17(24)22-6-5-13-10(8-22)15(21-26-13)16(23)18-2/h3-4,7H,5-6,8H2,1-2H3,(H,18,23)(H,19,20). The fourth-order valence-corrected chi connectivity index (χ4v) is 2.98. The zero-order valence-electron chi connectivity index (χ0n) is 14.3. The van der Waals surface area contributed by atoms with E-state index in [9.17, 15) is 9.59 Å². The number of rotatable bonds is 3. The lowest BCUT2D eigenvalue weighted by Gasteiger charge is -2.25. The number of nitrogens with one attached hydrogen (secondary N) is 2. The summed E-state index contributed by atoms with van der Waals surface area (Å²) >= 11 is 0. The van der Waals surface area contributed by atoms with Gasteiger partial charge in [-0.15, -0.1) is 0 Å². The van der Waals surface area contributed by atoms with E-state index in [1.54, 1.807) is 11.0 Å². The maximum absolute atomic E-state index is 12.8. The van der Waals surface area contributed by atoms with Crippen LogP contribution in [-0.2, 0) is 13.0 Å². The third-order valence-corrected chi connectivity index (χ3v) is 4.36. The molecule has 0 saturated carbocycles. The first-order chi connectivity index (χ1) is 12.6. The van der Waals surface area contributed by atoms with Gasteiger partial charge in [-0.05, 0) is 19.1 Å². The van der Waals surface area contributed by atoms with Gasteiger partial charge >= 0.3 is 0 Å². The molecule has 26 heavy (non-hydrogen) atoms. The Balaban J connectivity index is 1.56. The van der Waals surface area contributed by atoms with E-state index in [2.05, 4.69) is 20.7 Å². The van der Waals surface area contributed by atoms with Crippen molar-refractivity contribution in [3.63, 3.8) is 0 Å². The molecule has 3 aromatic rings. The van der Waals surface area contributed by atoms with Crippen molar-refractivity contribution in [1.82, 2.24) is 25.6 Å². The SMILES string of the molecule is CNC(=O)c1noc2c1CN(C(=O)c1cc(-c3ccc(C)o3)[nH]n1)CC2. The summed E-state index contributed by atoms with van der Waals surface area (Å²) in [5, 5.41) is 13.3. The van der Waals surface area contributed by atoms with Crippen LogP contribution in [-0.4, -0.2) is 45.7 Å². The van der Waals surface area contributed by atoms with Gasteiger partial charge in [0.15, 0.2) is 17.1 Å². The molecule has 4 heterocycles. The Morgan fingerprint density at radius 2 is 2.19 bits per heavy atom. The molecular weight excluding hydrogens is 338 g/mol. The van der Waals surface area contributed by atoms with Gasteiger partial charge in [0.05, 0.1) is 6.54 Å². The average Bonchev–Trinajstić information content (AvgIpc) is 3.38. The second-order valence-electron chi connectivity index (χ2n) is 6.07. The highest BCUT2D eigenvalue weighted by Gasteiger charge is 2.30. The van der Waals surface area contributed by atoms with Crippen LogP contribution in [0.25, 0.3) is 11.5 Å². The van der Waals surface area contributed by atoms with E-state index >= 15 is 0 Å². The number of aromatic amines is 1. The molecule has 0 fully saturated rings. The third kappa shape index (κ3) is 2.67. The van der Waals surface area contributed by atoms with Gasteiger partial charge in [-0.1, -0.05) is 5.16 Å². The van der Waals surface area contributed by atoms with Crippen molar-refractivity contribution in [3.05, 3.63) is 46.7 Å². The van der Waals surface area contributed by atoms with Crippen molar-refractivity contribution in [1.29, 1.82) is 0 Å². The van der Waals surface area contributed by atoms with Crippen LogP contribution in [0.4, 0.5) is 0 Å². The third-order valence-electron chi connectivity index (χ3n) is 4.36. The summed E-state index contributed by atoms with van der Waals surface area (Å²) < 4.78 is 10.8. The van der Waals surface area contributed by atoms with Gasteiger partial charge in [0.1, 0.15) is 17.2 Å². The molecule has 0 aromatic carbocycles. The molecule has 1 aliphatic rings. The molecule has 1 aliphatic heterocycles. The van der Waals surface area contributed by atoms with Crippen LogP contribution >= 0.6 is 0 Å². The topological polar surface area (TPSA) is 117 Å². The van der Waals surface area contributed by atoms with Crippen LogP contribution in [0.5, 0.6) is 0 Å². The van der Waals surface area contributed by atoms with Gasteiger partial charge in [-0.2, -0.15) is 5.10 Å². The smallest absolute Gasteiger partial charge is 0.274 e. The number of nitrogens with zero attached hydrogens (tertiary/aromatic N) is 3. The van der Waals surface area contributed by atoms with E-state index in [4.69, 9.17) is 8.94 Å². The minimum Gasteiger partial charge on any atom is -0.460 e. The minimum absolute atomic E-state index is 0.216. The largest absolute Gasteiger partial charge is 0.460 e. The van der Waals surface area contributed by atoms with Crippen molar-refractivity contribution in [2.75, 3.05) is 13.6 Å². The van der Waals surface area contributed by atoms with Gasteiger partial charge in [0.25, 0.3) is 11.8 Å². The van der Waals surface area contributed by atoms with Gasteiger partial charge in [0, 0.05) is 31.6 Å². The lowest BCUT2D eigenvalue weighted by molar-refractivity contribution is 0.0721. The van der Waals surface area contributed by atoms with Crippen molar-refractivity contribution in [2.45, 2.75) is 19.9 Å². The molecule has 2 N–H and O–H groups in total. The fourth-order valence-electron chi connectivity index (χ4n) is 2.98. The van der Waals surface area contributed by atoms with Crippen LogP contribution in [0.3, 0.4) is 0 Å². The number of hydrogen-bond acceptors (Lipinski definition) is 6. The van der Waals surface area contributed by atoms with Gasteiger partial charge < -0.3 is 19.2 Å². The fraction of sp³-hybridized carbons (Fsp3) is 0.294. The molecule has 3 aromatic heterocycles. The number of aryl methyl sites for hydroxylation is 1. The number of hydrogen-bond donors (Lipinski definition) is 2. The molecule has 134 valence electrons.